The molecular formula is C29H33N7O2. The summed E-state index contributed by atoms with van der Waals surface area (Å²) in [5.74, 6) is 1.48. The molecule has 0 saturated carbocycles. The number of fused-ring (bicyclic) bond motifs is 1. The minimum Gasteiger partial charge on any atom is -0.378 e. The Morgan fingerprint density at radius 3 is 2.58 bits per heavy atom. The summed E-state index contributed by atoms with van der Waals surface area (Å²) >= 11 is 0. The number of nitrogens with one attached hydrogen (secondary N) is 2. The fraction of sp³-hybridized carbons (Fsp3) is 0.345. The van der Waals surface area contributed by atoms with Crippen LogP contribution in [0.1, 0.15) is 15.9 Å². The van der Waals surface area contributed by atoms with Crippen molar-refractivity contribution < 1.29 is 9.53 Å². The molecule has 2 aromatic heterocycles. The van der Waals surface area contributed by atoms with E-state index in [9.17, 15) is 4.79 Å². The van der Waals surface area contributed by atoms with Gasteiger partial charge in [0, 0.05) is 63.3 Å². The molecule has 2 aliphatic rings. The molecule has 9 heteroatoms. The number of ether oxygens (including phenoxy) is 1. The Labute approximate surface area is 222 Å². The molecule has 2 aromatic carbocycles. The third-order valence-electron chi connectivity index (χ3n) is 7.31. The number of hydrogen-bond acceptors (Lipinski definition) is 7. The number of nitrogens with zero attached hydrogens (tertiary/aromatic N) is 5. The molecular weight excluding hydrogens is 478 g/mol. The zero-order valence-corrected chi connectivity index (χ0v) is 21.7. The lowest BCUT2D eigenvalue weighted by Crippen LogP contribution is -2.43. The van der Waals surface area contributed by atoms with Crippen molar-refractivity contribution >= 4 is 28.4 Å². The smallest absolute Gasteiger partial charge is 0.255 e. The minimum atomic E-state index is -0.148. The largest absolute Gasteiger partial charge is 0.378 e. The summed E-state index contributed by atoms with van der Waals surface area (Å²) in [5, 5.41) is 3.03. The fourth-order valence-electron chi connectivity index (χ4n) is 5.05. The summed E-state index contributed by atoms with van der Waals surface area (Å²) < 4.78 is 5.50. The molecule has 0 unspecified atom stereocenters. The summed E-state index contributed by atoms with van der Waals surface area (Å²) in [6.07, 6.45) is 1.80. The maximum atomic E-state index is 13.0. The normalized spacial score (nSPS) is 17.1. The number of piperazine rings is 1. The van der Waals surface area contributed by atoms with Gasteiger partial charge in [-0.1, -0.05) is 12.1 Å². The molecule has 196 valence electrons. The summed E-state index contributed by atoms with van der Waals surface area (Å²) in [4.78, 5) is 32.9. The van der Waals surface area contributed by atoms with E-state index in [1.807, 2.05) is 42.5 Å². The Kier molecular flexibility index (Phi) is 7.04. The van der Waals surface area contributed by atoms with Crippen LogP contribution in [0.5, 0.6) is 0 Å². The highest BCUT2D eigenvalue weighted by Crippen LogP contribution is 2.29. The van der Waals surface area contributed by atoms with E-state index >= 15 is 0 Å². The number of aromatic nitrogens is 3. The second-order valence-electron chi connectivity index (χ2n) is 10.0. The highest BCUT2D eigenvalue weighted by atomic mass is 16.5. The monoisotopic (exact) mass is 511 g/mol. The number of carbonyl (C=O) groups is 1. The van der Waals surface area contributed by atoms with Crippen LogP contribution in [-0.2, 0) is 11.3 Å². The fourth-order valence-corrected chi connectivity index (χ4v) is 5.05. The average molecular weight is 512 g/mol. The van der Waals surface area contributed by atoms with Crippen LogP contribution in [0.2, 0.25) is 0 Å². The summed E-state index contributed by atoms with van der Waals surface area (Å²) in [6, 6.07) is 17.6. The average Bonchev–Trinajstić information content (AvgIpc) is 3.39. The van der Waals surface area contributed by atoms with Gasteiger partial charge in [0.2, 0.25) is 0 Å². The van der Waals surface area contributed by atoms with Gasteiger partial charge in [-0.05, 0) is 55.1 Å². The Morgan fingerprint density at radius 1 is 1.00 bits per heavy atom. The first kappa shape index (κ1) is 24.5. The van der Waals surface area contributed by atoms with E-state index in [1.165, 1.54) is 5.56 Å². The van der Waals surface area contributed by atoms with Crippen molar-refractivity contribution in [3.05, 3.63) is 71.9 Å². The Balaban J connectivity index is 1.15. The minimum absolute atomic E-state index is 0.148. The molecule has 0 atom stereocenters. The molecule has 2 N–H and O–H groups in total. The van der Waals surface area contributed by atoms with Gasteiger partial charge in [0.15, 0.2) is 0 Å². The Hall–Kier alpha value is -3.79. The number of imidazole rings is 1. The molecule has 38 heavy (non-hydrogen) atoms. The van der Waals surface area contributed by atoms with E-state index in [1.54, 1.807) is 6.20 Å². The number of morpholine rings is 1. The van der Waals surface area contributed by atoms with Crippen LogP contribution >= 0.6 is 0 Å². The van der Waals surface area contributed by atoms with Crippen LogP contribution in [0.15, 0.2) is 60.8 Å². The molecule has 1 amide bonds. The lowest BCUT2D eigenvalue weighted by atomic mass is 10.1. The van der Waals surface area contributed by atoms with Gasteiger partial charge in [0.05, 0.1) is 29.8 Å². The molecule has 2 saturated heterocycles. The van der Waals surface area contributed by atoms with Crippen molar-refractivity contribution in [2.75, 3.05) is 69.7 Å². The van der Waals surface area contributed by atoms with Crippen LogP contribution in [0.25, 0.3) is 22.4 Å². The molecule has 9 nitrogen and oxygen atoms in total. The first-order valence-electron chi connectivity index (χ1n) is 13.2. The molecule has 0 bridgehead atoms. The first-order chi connectivity index (χ1) is 18.6. The molecule has 6 rings (SSSR count). The molecule has 0 spiro atoms. The van der Waals surface area contributed by atoms with Gasteiger partial charge in [0.25, 0.3) is 5.91 Å². The van der Waals surface area contributed by atoms with Crippen LogP contribution < -0.4 is 10.2 Å². The van der Waals surface area contributed by atoms with E-state index in [0.717, 1.165) is 79.7 Å². The van der Waals surface area contributed by atoms with Crippen LogP contribution in [0, 0.1) is 0 Å². The maximum absolute atomic E-state index is 13.0. The van der Waals surface area contributed by atoms with Gasteiger partial charge in [-0.15, -0.1) is 0 Å². The van der Waals surface area contributed by atoms with Crippen molar-refractivity contribution in [2.45, 2.75) is 6.54 Å². The van der Waals surface area contributed by atoms with Gasteiger partial charge >= 0.3 is 0 Å². The van der Waals surface area contributed by atoms with Gasteiger partial charge in [-0.25, -0.2) is 9.97 Å². The second-order valence-corrected chi connectivity index (χ2v) is 10.0. The van der Waals surface area contributed by atoms with E-state index in [-0.39, 0.29) is 5.91 Å². The lowest BCUT2D eigenvalue weighted by molar-refractivity contribution is 0.102. The molecule has 0 aliphatic carbocycles. The van der Waals surface area contributed by atoms with Crippen molar-refractivity contribution in [3.8, 4) is 11.4 Å². The van der Waals surface area contributed by atoms with Crippen molar-refractivity contribution in [1.29, 1.82) is 0 Å². The number of hydrogen-bond donors (Lipinski definition) is 2. The maximum Gasteiger partial charge on any atom is 0.255 e. The topological polar surface area (TPSA) is 89.6 Å². The highest BCUT2D eigenvalue weighted by Gasteiger charge is 2.19. The third kappa shape index (κ3) is 5.40. The third-order valence-corrected chi connectivity index (χ3v) is 7.31. The van der Waals surface area contributed by atoms with Gasteiger partial charge in [-0.3, -0.25) is 9.69 Å². The number of likely N-dealkylation sites (N-methyl/N-ethyl adjacent to an activating group) is 1. The van der Waals surface area contributed by atoms with Crippen molar-refractivity contribution in [3.63, 3.8) is 0 Å². The molecule has 4 heterocycles. The molecule has 4 aromatic rings. The molecule has 2 aliphatic heterocycles. The number of carbonyl (C=O) groups excluding carboxylic acids is 1. The van der Waals surface area contributed by atoms with Crippen LogP contribution in [-0.4, -0.2) is 90.2 Å². The summed E-state index contributed by atoms with van der Waals surface area (Å²) in [6.45, 7) is 8.29. The zero-order chi connectivity index (χ0) is 25.9. The number of amides is 1. The number of H-pyrrole nitrogens is 1. The van der Waals surface area contributed by atoms with E-state index < -0.39 is 0 Å². The number of pyridine rings is 1. The number of benzene rings is 2. The summed E-state index contributed by atoms with van der Waals surface area (Å²) in [5.41, 5.74) is 5.18. The zero-order valence-electron chi connectivity index (χ0n) is 21.7. The second kappa shape index (κ2) is 10.9. The molecule has 0 radical (unpaired) electrons. The lowest BCUT2D eigenvalue weighted by Gasteiger charge is -2.32. The standard InChI is InChI=1S/C29H33N7O2/c1-34-11-13-35(14-12-34)20-21-4-7-23(8-5-21)31-29(37)22-6-9-25-26(19-22)33-27(32-25)24-3-2-10-30-28(24)36-15-17-38-18-16-36/h2-10,19H,11-18,20H2,1H3,(H,31,37)(H,32,33). The summed E-state index contributed by atoms with van der Waals surface area (Å²) in [7, 11) is 2.17. The van der Waals surface area contributed by atoms with Gasteiger partial charge < -0.3 is 24.8 Å². The molecule has 2 fully saturated rings. The Bertz CT molecular complexity index is 1400. The van der Waals surface area contributed by atoms with Gasteiger partial charge in [-0.2, -0.15) is 0 Å². The Morgan fingerprint density at radius 2 is 1.79 bits per heavy atom. The predicted octanol–water partition coefficient (Wildman–Crippen LogP) is 3.46. The van der Waals surface area contributed by atoms with Crippen LogP contribution in [0.3, 0.4) is 0 Å². The number of aromatic amines is 1. The quantitative estimate of drug-likeness (QED) is 0.410. The van der Waals surface area contributed by atoms with Gasteiger partial charge in [0.1, 0.15) is 11.6 Å². The van der Waals surface area contributed by atoms with E-state index in [0.29, 0.717) is 18.8 Å². The highest BCUT2D eigenvalue weighted by molar-refractivity contribution is 6.06. The van der Waals surface area contributed by atoms with E-state index in [4.69, 9.17) is 9.72 Å². The predicted molar refractivity (Wildman–Crippen MR) is 150 cm³/mol. The first-order valence-corrected chi connectivity index (χ1v) is 13.2. The van der Waals surface area contributed by atoms with Crippen molar-refractivity contribution in [1.82, 2.24) is 24.8 Å². The van der Waals surface area contributed by atoms with Crippen molar-refractivity contribution in [2.24, 2.45) is 0 Å². The van der Waals surface area contributed by atoms with Crippen LogP contribution in [0.4, 0.5) is 11.5 Å². The number of anilines is 2. The van der Waals surface area contributed by atoms with E-state index in [2.05, 4.69) is 49.2 Å². The number of rotatable bonds is 6. The SMILES string of the molecule is CN1CCN(Cc2ccc(NC(=O)c3ccc4nc(-c5cccnc5N5CCOCC5)[nH]c4c3)cc2)CC1.